The number of ether oxygens (including phenoxy) is 1. The number of carbonyl (C=O) groups is 2. The number of likely N-dealkylation sites (N-methyl/N-ethyl adjacent to an activating group) is 1. The van der Waals surface area contributed by atoms with Gasteiger partial charge in [0.25, 0.3) is 0 Å². The van der Waals surface area contributed by atoms with Crippen LogP contribution in [0, 0.1) is 5.92 Å². The predicted molar refractivity (Wildman–Crippen MR) is 84.4 cm³/mol. The average Bonchev–Trinajstić information content (AvgIpc) is 3.01. The van der Waals surface area contributed by atoms with E-state index in [9.17, 15) is 9.59 Å². The summed E-state index contributed by atoms with van der Waals surface area (Å²) >= 11 is 0. The molecule has 2 aliphatic heterocycles. The molecule has 0 aromatic carbocycles. The maximum Gasteiger partial charge on any atom is 0.240 e. The van der Waals surface area contributed by atoms with Crippen LogP contribution in [0.25, 0.3) is 0 Å². The molecule has 2 fully saturated rings. The van der Waals surface area contributed by atoms with Gasteiger partial charge in [0.1, 0.15) is 0 Å². The van der Waals surface area contributed by atoms with E-state index in [0.717, 1.165) is 25.8 Å². The van der Waals surface area contributed by atoms with Crippen molar-refractivity contribution in [2.45, 2.75) is 45.2 Å². The molecule has 6 nitrogen and oxygen atoms in total. The van der Waals surface area contributed by atoms with E-state index in [4.69, 9.17) is 4.74 Å². The molecule has 0 aliphatic carbocycles. The van der Waals surface area contributed by atoms with Crippen molar-refractivity contribution in [3.63, 3.8) is 0 Å². The summed E-state index contributed by atoms with van der Waals surface area (Å²) in [6.07, 6.45) is 2.61. The van der Waals surface area contributed by atoms with Crippen LogP contribution in [0.2, 0.25) is 0 Å². The molecular weight excluding hydrogens is 282 g/mol. The Hall–Kier alpha value is -1.14. The van der Waals surface area contributed by atoms with Gasteiger partial charge in [0.05, 0.1) is 25.3 Å². The summed E-state index contributed by atoms with van der Waals surface area (Å²) in [6, 6.07) is -0.360. The van der Waals surface area contributed by atoms with Gasteiger partial charge in [-0.05, 0) is 31.7 Å². The van der Waals surface area contributed by atoms with Crippen molar-refractivity contribution < 1.29 is 14.3 Å². The summed E-state index contributed by atoms with van der Waals surface area (Å²) in [7, 11) is 1.67. The second kappa shape index (κ2) is 7.92. The summed E-state index contributed by atoms with van der Waals surface area (Å²) in [5.41, 5.74) is 0. The van der Waals surface area contributed by atoms with Gasteiger partial charge in [0.15, 0.2) is 0 Å². The molecule has 2 aliphatic rings. The minimum absolute atomic E-state index is 0.0235. The van der Waals surface area contributed by atoms with Crippen molar-refractivity contribution in [1.82, 2.24) is 15.1 Å². The topological polar surface area (TPSA) is 61.9 Å². The Morgan fingerprint density at radius 1 is 1.23 bits per heavy atom. The Morgan fingerprint density at radius 3 is 2.50 bits per heavy atom. The first-order valence-electron chi connectivity index (χ1n) is 8.38. The van der Waals surface area contributed by atoms with Gasteiger partial charge in [-0.2, -0.15) is 0 Å². The number of morpholine rings is 1. The predicted octanol–water partition coefficient (Wildman–Crippen LogP) is 0.470. The normalized spacial score (nSPS) is 24.5. The lowest BCUT2D eigenvalue weighted by Crippen LogP contribution is -2.55. The molecule has 1 N–H and O–H groups in total. The number of hydrogen-bond acceptors (Lipinski definition) is 4. The molecule has 2 atom stereocenters. The molecule has 6 heteroatoms. The minimum atomic E-state index is -0.206. The maximum absolute atomic E-state index is 12.8. The maximum atomic E-state index is 12.8. The van der Waals surface area contributed by atoms with Gasteiger partial charge in [0.2, 0.25) is 11.8 Å². The zero-order valence-electron chi connectivity index (χ0n) is 14.0. The van der Waals surface area contributed by atoms with Crippen LogP contribution < -0.4 is 5.32 Å². The van der Waals surface area contributed by atoms with Gasteiger partial charge in [-0.15, -0.1) is 0 Å². The van der Waals surface area contributed by atoms with Crippen LogP contribution >= 0.6 is 0 Å². The van der Waals surface area contributed by atoms with Gasteiger partial charge >= 0.3 is 0 Å². The summed E-state index contributed by atoms with van der Waals surface area (Å²) in [5.74, 6) is 0.607. The fourth-order valence-corrected chi connectivity index (χ4v) is 3.43. The second-order valence-corrected chi connectivity index (χ2v) is 6.59. The molecule has 0 aromatic heterocycles. The first-order chi connectivity index (χ1) is 10.5. The number of rotatable bonds is 5. The van der Waals surface area contributed by atoms with Crippen LogP contribution in [0.3, 0.4) is 0 Å². The van der Waals surface area contributed by atoms with Crippen LogP contribution in [0.4, 0.5) is 0 Å². The molecule has 0 radical (unpaired) electrons. The highest BCUT2D eigenvalue weighted by Gasteiger charge is 2.40. The standard InChI is InChI=1S/C16H29N3O3/c1-12(2)11-14(15(20)17-3)19-6-4-5-13(19)16(21)18-7-9-22-10-8-18/h12-14H,4-11H2,1-3H3,(H,17,20)/t13-,14+/m0/s1. The number of hydrogen-bond donors (Lipinski definition) is 1. The van der Waals surface area contributed by atoms with Gasteiger partial charge < -0.3 is 15.0 Å². The number of nitrogens with zero attached hydrogens (tertiary/aromatic N) is 2. The third kappa shape index (κ3) is 3.98. The smallest absolute Gasteiger partial charge is 0.240 e. The Kier molecular flexibility index (Phi) is 6.20. The molecule has 126 valence electrons. The largest absolute Gasteiger partial charge is 0.378 e. The lowest BCUT2D eigenvalue weighted by atomic mass is 10.0. The lowest BCUT2D eigenvalue weighted by molar-refractivity contribution is -0.142. The Bertz CT molecular complexity index is 394. The molecule has 2 saturated heterocycles. The van der Waals surface area contributed by atoms with Gasteiger partial charge in [0, 0.05) is 20.1 Å². The van der Waals surface area contributed by atoms with Crippen molar-refractivity contribution in [3.8, 4) is 0 Å². The van der Waals surface area contributed by atoms with E-state index < -0.39 is 0 Å². The summed E-state index contributed by atoms with van der Waals surface area (Å²) in [4.78, 5) is 29.1. The van der Waals surface area contributed by atoms with Crippen molar-refractivity contribution >= 4 is 11.8 Å². The highest BCUT2D eigenvalue weighted by molar-refractivity contribution is 5.85. The van der Waals surface area contributed by atoms with Crippen LogP contribution in [0.1, 0.15) is 33.1 Å². The molecule has 2 rings (SSSR count). The van der Waals surface area contributed by atoms with Gasteiger partial charge in [-0.1, -0.05) is 13.8 Å². The minimum Gasteiger partial charge on any atom is -0.378 e. The first-order valence-corrected chi connectivity index (χ1v) is 8.38. The molecule has 0 bridgehead atoms. The van der Waals surface area contributed by atoms with Crippen molar-refractivity contribution in [2.24, 2.45) is 5.92 Å². The zero-order chi connectivity index (χ0) is 16.1. The molecule has 2 amide bonds. The van der Waals surface area contributed by atoms with Crippen LogP contribution in [-0.2, 0) is 14.3 Å². The summed E-state index contributed by atoms with van der Waals surface area (Å²) in [5, 5.41) is 2.76. The number of carbonyl (C=O) groups excluding carboxylic acids is 2. The van der Waals surface area contributed by atoms with Crippen molar-refractivity contribution in [2.75, 3.05) is 39.9 Å². The van der Waals surface area contributed by atoms with Crippen LogP contribution in [0.5, 0.6) is 0 Å². The third-order valence-corrected chi connectivity index (χ3v) is 4.55. The van der Waals surface area contributed by atoms with Gasteiger partial charge in [-0.25, -0.2) is 0 Å². The lowest BCUT2D eigenvalue weighted by Gasteiger charge is -2.36. The molecule has 0 unspecified atom stereocenters. The monoisotopic (exact) mass is 311 g/mol. The second-order valence-electron chi connectivity index (χ2n) is 6.59. The van der Waals surface area contributed by atoms with E-state index in [1.54, 1.807) is 7.05 Å². The molecule has 22 heavy (non-hydrogen) atoms. The highest BCUT2D eigenvalue weighted by atomic mass is 16.5. The van der Waals surface area contributed by atoms with E-state index >= 15 is 0 Å². The fraction of sp³-hybridized carbons (Fsp3) is 0.875. The first kappa shape index (κ1) is 17.2. The number of amides is 2. The molecule has 2 heterocycles. The van der Waals surface area contributed by atoms with Crippen molar-refractivity contribution in [1.29, 1.82) is 0 Å². The summed E-state index contributed by atoms with van der Waals surface area (Å²) < 4.78 is 5.32. The van der Waals surface area contributed by atoms with E-state index in [1.807, 2.05) is 4.90 Å². The van der Waals surface area contributed by atoms with E-state index in [0.29, 0.717) is 32.2 Å². The van der Waals surface area contributed by atoms with Crippen LogP contribution in [-0.4, -0.2) is 73.6 Å². The SMILES string of the molecule is CNC(=O)[C@@H](CC(C)C)N1CCC[C@H]1C(=O)N1CCOCC1. The molecular formula is C16H29N3O3. The quantitative estimate of drug-likeness (QED) is 0.802. The molecule has 0 spiro atoms. The highest BCUT2D eigenvalue weighted by Crippen LogP contribution is 2.25. The molecule has 0 saturated carbocycles. The Balaban J connectivity index is 2.09. The number of likely N-dealkylation sites (tertiary alicyclic amines) is 1. The Morgan fingerprint density at radius 2 is 1.91 bits per heavy atom. The van der Waals surface area contributed by atoms with E-state index in [-0.39, 0.29) is 23.9 Å². The summed E-state index contributed by atoms with van der Waals surface area (Å²) in [6.45, 7) is 7.61. The van der Waals surface area contributed by atoms with E-state index in [2.05, 4.69) is 24.1 Å². The molecule has 0 aromatic rings. The zero-order valence-corrected chi connectivity index (χ0v) is 14.0. The fourth-order valence-electron chi connectivity index (χ4n) is 3.43. The third-order valence-electron chi connectivity index (χ3n) is 4.55. The van der Waals surface area contributed by atoms with Crippen molar-refractivity contribution in [3.05, 3.63) is 0 Å². The van der Waals surface area contributed by atoms with E-state index in [1.165, 1.54) is 0 Å². The average molecular weight is 311 g/mol. The van der Waals surface area contributed by atoms with Gasteiger partial charge in [-0.3, -0.25) is 14.5 Å². The number of nitrogens with one attached hydrogen (secondary N) is 1. The Labute approximate surface area is 133 Å². The van der Waals surface area contributed by atoms with Crippen LogP contribution in [0.15, 0.2) is 0 Å².